The third-order valence-electron chi connectivity index (χ3n) is 4.19. The van der Waals surface area contributed by atoms with Gasteiger partial charge in [0.1, 0.15) is 10.9 Å². The zero-order valence-electron chi connectivity index (χ0n) is 16.1. The Morgan fingerprint density at radius 1 is 1.07 bits per heavy atom. The summed E-state index contributed by atoms with van der Waals surface area (Å²) in [6.45, 7) is 3.76. The highest BCUT2D eigenvalue weighted by Gasteiger charge is 2.20. The van der Waals surface area contributed by atoms with Gasteiger partial charge in [0, 0.05) is 11.3 Å². The van der Waals surface area contributed by atoms with Gasteiger partial charge >= 0.3 is 5.97 Å². The first-order chi connectivity index (χ1) is 14.0. The molecule has 148 valence electrons. The Kier molecular flexibility index (Phi) is 6.61. The van der Waals surface area contributed by atoms with Gasteiger partial charge in [0.05, 0.1) is 16.5 Å². The van der Waals surface area contributed by atoms with Crippen LogP contribution in [0.3, 0.4) is 0 Å². The van der Waals surface area contributed by atoms with Gasteiger partial charge in [-0.1, -0.05) is 55.1 Å². The molecule has 3 aromatic rings. The molecule has 1 heterocycles. The number of carbonyl (C=O) groups excluding carboxylic acids is 1. The highest BCUT2D eigenvalue weighted by Crippen LogP contribution is 2.28. The molecule has 7 heteroatoms. The van der Waals surface area contributed by atoms with E-state index in [0.717, 1.165) is 16.3 Å². The summed E-state index contributed by atoms with van der Waals surface area (Å²) in [5.41, 5.74) is 2.38. The fraction of sp³-hybridized carbons (Fsp3) is 0.182. The summed E-state index contributed by atoms with van der Waals surface area (Å²) in [6, 6.07) is 17.9. The number of aromatic carboxylic acids is 1. The number of hydrogen-bond acceptors (Lipinski definition) is 5. The van der Waals surface area contributed by atoms with Crippen molar-refractivity contribution in [3.63, 3.8) is 0 Å². The van der Waals surface area contributed by atoms with E-state index in [1.165, 1.54) is 23.9 Å². The number of aryl methyl sites for hydroxylation is 1. The normalized spacial score (nSPS) is 11.7. The topological polar surface area (TPSA) is 92.2 Å². The second kappa shape index (κ2) is 9.34. The molecule has 2 aromatic carbocycles. The summed E-state index contributed by atoms with van der Waals surface area (Å²) in [4.78, 5) is 32.8. The van der Waals surface area contributed by atoms with Crippen LogP contribution in [-0.4, -0.2) is 32.2 Å². The maximum Gasteiger partial charge on any atom is 0.335 e. The number of rotatable bonds is 7. The molecule has 1 unspecified atom stereocenters. The third-order valence-corrected chi connectivity index (χ3v) is 5.47. The molecule has 0 saturated carbocycles. The van der Waals surface area contributed by atoms with Crippen LogP contribution >= 0.6 is 11.8 Å². The molecular weight excluding hydrogens is 386 g/mol. The lowest BCUT2D eigenvalue weighted by Gasteiger charge is -2.15. The van der Waals surface area contributed by atoms with Gasteiger partial charge in [0.15, 0.2) is 0 Å². The molecule has 2 N–H and O–H groups in total. The maximum atomic E-state index is 12.7. The first-order valence-electron chi connectivity index (χ1n) is 9.18. The zero-order chi connectivity index (χ0) is 20.8. The van der Waals surface area contributed by atoms with Crippen molar-refractivity contribution in [3.05, 3.63) is 72.1 Å². The monoisotopic (exact) mass is 407 g/mol. The Hall–Kier alpha value is -3.19. The van der Waals surface area contributed by atoms with Gasteiger partial charge in [-0.3, -0.25) is 4.79 Å². The molecule has 0 spiro atoms. The summed E-state index contributed by atoms with van der Waals surface area (Å²) in [7, 11) is 0. The minimum absolute atomic E-state index is 0.127. The molecule has 1 atom stereocenters. The van der Waals surface area contributed by atoms with E-state index in [0.29, 0.717) is 17.9 Å². The Morgan fingerprint density at radius 3 is 2.52 bits per heavy atom. The number of nitrogens with one attached hydrogen (secondary N) is 1. The highest BCUT2D eigenvalue weighted by molar-refractivity contribution is 8.00. The van der Waals surface area contributed by atoms with E-state index in [2.05, 4.69) is 15.3 Å². The molecule has 0 aliphatic carbocycles. The van der Waals surface area contributed by atoms with Crippen molar-refractivity contribution in [2.24, 2.45) is 0 Å². The third kappa shape index (κ3) is 5.42. The zero-order valence-corrected chi connectivity index (χ0v) is 16.9. The van der Waals surface area contributed by atoms with Crippen molar-refractivity contribution >= 4 is 29.3 Å². The van der Waals surface area contributed by atoms with Gasteiger partial charge < -0.3 is 10.4 Å². The van der Waals surface area contributed by atoms with Crippen molar-refractivity contribution in [2.75, 3.05) is 5.32 Å². The Labute approximate surface area is 173 Å². The van der Waals surface area contributed by atoms with Crippen molar-refractivity contribution < 1.29 is 14.7 Å². The summed E-state index contributed by atoms with van der Waals surface area (Å²) in [6.07, 6.45) is 0.596. The number of thioether (sulfide) groups is 1. The van der Waals surface area contributed by atoms with Crippen LogP contribution in [0.4, 0.5) is 5.69 Å². The average molecular weight is 407 g/mol. The van der Waals surface area contributed by atoms with Crippen LogP contribution in [0.5, 0.6) is 0 Å². The van der Waals surface area contributed by atoms with Crippen LogP contribution in [0, 0.1) is 6.92 Å². The smallest absolute Gasteiger partial charge is 0.335 e. The Morgan fingerprint density at radius 2 is 1.83 bits per heavy atom. The molecule has 1 aromatic heterocycles. The second-order valence-electron chi connectivity index (χ2n) is 6.39. The Balaban J connectivity index is 1.77. The number of anilines is 1. The van der Waals surface area contributed by atoms with Crippen LogP contribution < -0.4 is 5.32 Å². The summed E-state index contributed by atoms with van der Waals surface area (Å²) in [5, 5.41) is 12.3. The predicted octanol–water partition coefficient (Wildman–Crippen LogP) is 4.66. The van der Waals surface area contributed by atoms with E-state index in [9.17, 15) is 9.59 Å². The van der Waals surface area contributed by atoms with E-state index in [4.69, 9.17) is 5.11 Å². The van der Waals surface area contributed by atoms with Gasteiger partial charge in [-0.15, -0.1) is 0 Å². The molecular formula is C22H21N3O3S. The number of amides is 1. The average Bonchev–Trinajstić information content (AvgIpc) is 2.72. The van der Waals surface area contributed by atoms with Crippen LogP contribution in [0.15, 0.2) is 65.7 Å². The first-order valence-corrected chi connectivity index (χ1v) is 10.1. The van der Waals surface area contributed by atoms with Crippen molar-refractivity contribution in [1.29, 1.82) is 0 Å². The number of carbonyl (C=O) groups is 2. The lowest BCUT2D eigenvalue weighted by Crippen LogP contribution is -2.24. The summed E-state index contributed by atoms with van der Waals surface area (Å²) in [5.74, 6) is -0.594. The summed E-state index contributed by atoms with van der Waals surface area (Å²) < 4.78 is 0. The van der Waals surface area contributed by atoms with Crippen LogP contribution in [0.1, 0.15) is 29.5 Å². The van der Waals surface area contributed by atoms with Crippen LogP contribution in [-0.2, 0) is 4.79 Å². The fourth-order valence-electron chi connectivity index (χ4n) is 2.78. The molecule has 1 amide bonds. The number of nitrogens with zero attached hydrogens (tertiary/aromatic N) is 2. The number of aromatic nitrogens is 2. The fourth-order valence-corrected chi connectivity index (χ4v) is 3.77. The molecule has 0 radical (unpaired) electrons. The molecule has 6 nitrogen and oxygen atoms in total. The molecule has 0 bridgehead atoms. The van der Waals surface area contributed by atoms with Crippen molar-refractivity contribution in [1.82, 2.24) is 9.97 Å². The van der Waals surface area contributed by atoms with Crippen LogP contribution in [0.25, 0.3) is 11.3 Å². The first kappa shape index (κ1) is 20.5. The highest BCUT2D eigenvalue weighted by atomic mass is 32.2. The van der Waals surface area contributed by atoms with Gasteiger partial charge in [-0.25, -0.2) is 14.8 Å². The van der Waals surface area contributed by atoms with E-state index >= 15 is 0 Å². The standard InChI is InChI=1S/C22H21N3O3S/c1-3-19(21(26)25-17-11-7-10-16(12-17)22(27)28)29-20-13-18(23-14(2)24-20)15-8-5-4-6-9-15/h4-13,19H,3H2,1-2H3,(H,25,26)(H,27,28). The van der Waals surface area contributed by atoms with Crippen molar-refractivity contribution in [2.45, 2.75) is 30.5 Å². The second-order valence-corrected chi connectivity index (χ2v) is 7.62. The van der Waals surface area contributed by atoms with E-state index < -0.39 is 5.97 Å². The Bertz CT molecular complexity index is 1020. The largest absolute Gasteiger partial charge is 0.478 e. The van der Waals surface area contributed by atoms with Gasteiger partial charge in [-0.05, 0) is 37.6 Å². The van der Waals surface area contributed by atoms with E-state index in [1.807, 2.05) is 50.2 Å². The molecule has 3 rings (SSSR count). The predicted molar refractivity (Wildman–Crippen MR) is 114 cm³/mol. The maximum absolute atomic E-state index is 12.7. The molecule has 0 saturated heterocycles. The van der Waals surface area contributed by atoms with E-state index in [1.54, 1.807) is 12.1 Å². The number of benzene rings is 2. The lowest BCUT2D eigenvalue weighted by molar-refractivity contribution is -0.115. The summed E-state index contributed by atoms with van der Waals surface area (Å²) >= 11 is 1.37. The minimum Gasteiger partial charge on any atom is -0.478 e. The number of hydrogen-bond donors (Lipinski definition) is 2. The van der Waals surface area contributed by atoms with Gasteiger partial charge in [0.25, 0.3) is 0 Å². The molecule has 0 fully saturated rings. The minimum atomic E-state index is -1.03. The SMILES string of the molecule is CCC(Sc1cc(-c2ccccc2)nc(C)n1)C(=O)Nc1cccc(C(=O)O)c1. The lowest BCUT2D eigenvalue weighted by atomic mass is 10.1. The number of carboxylic acid groups (broad SMARTS) is 1. The van der Waals surface area contributed by atoms with Gasteiger partial charge in [-0.2, -0.15) is 0 Å². The number of carboxylic acids is 1. The molecule has 0 aliphatic heterocycles. The van der Waals surface area contributed by atoms with Crippen LogP contribution in [0.2, 0.25) is 0 Å². The molecule has 29 heavy (non-hydrogen) atoms. The quantitative estimate of drug-likeness (QED) is 0.437. The van der Waals surface area contributed by atoms with E-state index in [-0.39, 0.29) is 16.7 Å². The van der Waals surface area contributed by atoms with Crippen molar-refractivity contribution in [3.8, 4) is 11.3 Å². The van der Waals surface area contributed by atoms with Gasteiger partial charge in [0.2, 0.25) is 5.91 Å². The molecule has 0 aliphatic rings.